The summed E-state index contributed by atoms with van der Waals surface area (Å²) in [5.41, 5.74) is 0.569. The van der Waals surface area contributed by atoms with Crippen molar-refractivity contribution < 1.29 is 4.79 Å². The predicted molar refractivity (Wildman–Crippen MR) is 76.7 cm³/mol. The maximum atomic E-state index is 12.5. The molecule has 0 saturated carbocycles. The van der Waals surface area contributed by atoms with Crippen LogP contribution in [-0.4, -0.2) is 37.6 Å². The summed E-state index contributed by atoms with van der Waals surface area (Å²) in [5, 5.41) is 7.35. The third-order valence-corrected chi connectivity index (χ3v) is 3.17. The van der Waals surface area contributed by atoms with Crippen LogP contribution in [0.2, 0.25) is 5.02 Å². The summed E-state index contributed by atoms with van der Waals surface area (Å²) in [6, 6.07) is 1.85. The van der Waals surface area contributed by atoms with E-state index in [1.807, 2.05) is 25.3 Å². The van der Waals surface area contributed by atoms with E-state index >= 15 is 0 Å². The zero-order valence-corrected chi connectivity index (χ0v) is 12.8. The molecule has 1 amide bonds. The average Bonchev–Trinajstić information content (AvgIpc) is 2.94. The van der Waals surface area contributed by atoms with Crippen LogP contribution >= 0.6 is 11.6 Å². The lowest BCUT2D eigenvalue weighted by molar-refractivity contribution is 0.0769. The first kappa shape index (κ1) is 14.6. The maximum Gasteiger partial charge on any atom is 0.270 e. The van der Waals surface area contributed by atoms with Gasteiger partial charge in [0.25, 0.3) is 5.91 Å². The summed E-state index contributed by atoms with van der Waals surface area (Å²) in [4.78, 5) is 18.2. The molecule has 0 aromatic carbocycles. The molecule has 0 bridgehead atoms. The number of nitrogens with one attached hydrogen (secondary N) is 1. The Hall–Kier alpha value is -1.82. The summed E-state index contributed by atoms with van der Waals surface area (Å²) in [6.45, 7) is 6.18. The number of aromatic amines is 1. The predicted octanol–water partition coefficient (Wildman–Crippen LogP) is 2.42. The van der Waals surface area contributed by atoms with E-state index in [4.69, 9.17) is 11.6 Å². The normalized spacial score (nSPS) is 11.1. The Morgan fingerprint density at radius 1 is 1.55 bits per heavy atom. The summed E-state index contributed by atoms with van der Waals surface area (Å²) in [6.07, 6.45) is 1.77. The second kappa shape index (κ2) is 5.66. The summed E-state index contributed by atoms with van der Waals surface area (Å²) in [7, 11) is 1.72. The van der Waals surface area contributed by atoms with Gasteiger partial charge >= 0.3 is 0 Å². The molecule has 0 atom stereocenters. The fourth-order valence-corrected chi connectivity index (χ4v) is 2.19. The first-order valence-corrected chi connectivity index (χ1v) is 6.77. The van der Waals surface area contributed by atoms with Gasteiger partial charge in [-0.15, -0.1) is 0 Å². The van der Waals surface area contributed by atoms with Crippen LogP contribution in [0.3, 0.4) is 0 Å². The molecule has 6 nitrogen and oxygen atoms in total. The van der Waals surface area contributed by atoms with Gasteiger partial charge in [-0.1, -0.05) is 11.6 Å². The van der Waals surface area contributed by atoms with Gasteiger partial charge in [0, 0.05) is 19.3 Å². The minimum atomic E-state index is -0.104. The SMILES string of the molecule is Cc1nc(CN(C)C(=O)c2cc(Cl)cn2C(C)C)n[nH]1. The van der Waals surface area contributed by atoms with Crippen molar-refractivity contribution in [1.82, 2.24) is 24.6 Å². The van der Waals surface area contributed by atoms with Crippen molar-refractivity contribution in [1.29, 1.82) is 0 Å². The summed E-state index contributed by atoms with van der Waals surface area (Å²) in [5.74, 6) is 1.22. The van der Waals surface area contributed by atoms with Gasteiger partial charge in [-0.05, 0) is 26.8 Å². The zero-order chi connectivity index (χ0) is 14.9. The second-order valence-electron chi connectivity index (χ2n) is 5.04. The average molecular weight is 296 g/mol. The van der Waals surface area contributed by atoms with Gasteiger partial charge in [0.15, 0.2) is 5.82 Å². The fraction of sp³-hybridized carbons (Fsp3) is 0.462. The Morgan fingerprint density at radius 2 is 2.25 bits per heavy atom. The number of aromatic nitrogens is 4. The van der Waals surface area contributed by atoms with Crippen LogP contribution in [0.5, 0.6) is 0 Å². The fourth-order valence-electron chi connectivity index (χ4n) is 1.98. The van der Waals surface area contributed by atoms with Gasteiger partial charge in [-0.25, -0.2) is 4.98 Å². The molecule has 0 aliphatic rings. The smallest absolute Gasteiger partial charge is 0.270 e. The van der Waals surface area contributed by atoms with Crippen LogP contribution in [0.15, 0.2) is 12.3 Å². The van der Waals surface area contributed by atoms with Crippen molar-refractivity contribution in [3.63, 3.8) is 0 Å². The van der Waals surface area contributed by atoms with Gasteiger partial charge in [0.05, 0.1) is 11.6 Å². The lowest BCUT2D eigenvalue weighted by Crippen LogP contribution is -2.29. The molecule has 2 aromatic rings. The van der Waals surface area contributed by atoms with Crippen LogP contribution in [-0.2, 0) is 6.54 Å². The number of rotatable bonds is 4. The number of carbonyl (C=O) groups is 1. The highest BCUT2D eigenvalue weighted by Gasteiger charge is 2.19. The van der Waals surface area contributed by atoms with E-state index in [0.717, 1.165) is 5.82 Å². The number of aryl methyl sites for hydroxylation is 1. The largest absolute Gasteiger partial charge is 0.339 e. The van der Waals surface area contributed by atoms with Crippen molar-refractivity contribution in [2.45, 2.75) is 33.4 Å². The molecule has 0 fully saturated rings. The van der Waals surface area contributed by atoms with E-state index in [9.17, 15) is 4.79 Å². The molecule has 0 aliphatic carbocycles. The molecule has 2 rings (SSSR count). The van der Waals surface area contributed by atoms with E-state index in [0.29, 0.717) is 23.1 Å². The summed E-state index contributed by atoms with van der Waals surface area (Å²) >= 11 is 6.00. The Labute approximate surface area is 122 Å². The molecule has 2 heterocycles. The molecule has 0 aliphatic heterocycles. The standard InChI is InChI=1S/C13H18ClN5O/c1-8(2)19-6-10(14)5-11(19)13(20)18(4)7-12-15-9(3)16-17-12/h5-6,8H,7H2,1-4H3,(H,15,16,17). The van der Waals surface area contributed by atoms with Gasteiger partial charge in [-0.2, -0.15) is 5.10 Å². The van der Waals surface area contributed by atoms with Crippen molar-refractivity contribution >= 4 is 17.5 Å². The quantitative estimate of drug-likeness (QED) is 0.942. The third kappa shape index (κ3) is 3.01. The molecule has 0 radical (unpaired) electrons. The number of halogens is 1. The molecule has 2 aromatic heterocycles. The number of H-pyrrole nitrogens is 1. The number of hydrogen-bond donors (Lipinski definition) is 1. The molecular formula is C13H18ClN5O. The van der Waals surface area contributed by atoms with Crippen LogP contribution in [0.1, 0.15) is 42.0 Å². The molecule has 0 spiro atoms. The van der Waals surface area contributed by atoms with E-state index in [1.54, 1.807) is 24.2 Å². The highest BCUT2D eigenvalue weighted by Crippen LogP contribution is 2.20. The molecule has 1 N–H and O–H groups in total. The Bertz CT molecular complexity index is 616. The van der Waals surface area contributed by atoms with E-state index in [1.165, 1.54) is 0 Å². The first-order chi connectivity index (χ1) is 9.38. The lowest BCUT2D eigenvalue weighted by Gasteiger charge is -2.18. The molecule has 0 unspecified atom stereocenters. The Balaban J connectivity index is 2.18. The van der Waals surface area contributed by atoms with E-state index in [-0.39, 0.29) is 11.9 Å². The first-order valence-electron chi connectivity index (χ1n) is 6.39. The van der Waals surface area contributed by atoms with E-state index in [2.05, 4.69) is 15.2 Å². The number of carbonyl (C=O) groups excluding carboxylic acids is 1. The Morgan fingerprint density at radius 3 is 2.80 bits per heavy atom. The van der Waals surface area contributed by atoms with Crippen molar-refractivity contribution in [3.05, 3.63) is 34.6 Å². The molecule has 7 heteroatoms. The number of nitrogens with zero attached hydrogens (tertiary/aromatic N) is 4. The highest BCUT2D eigenvalue weighted by atomic mass is 35.5. The van der Waals surface area contributed by atoms with Gasteiger partial charge in [-0.3, -0.25) is 9.89 Å². The zero-order valence-electron chi connectivity index (χ0n) is 12.0. The van der Waals surface area contributed by atoms with Crippen LogP contribution < -0.4 is 0 Å². The van der Waals surface area contributed by atoms with Gasteiger partial charge in [0.2, 0.25) is 0 Å². The van der Waals surface area contributed by atoms with Crippen LogP contribution in [0.25, 0.3) is 0 Å². The highest BCUT2D eigenvalue weighted by molar-refractivity contribution is 6.31. The summed E-state index contributed by atoms with van der Waals surface area (Å²) < 4.78 is 1.87. The molecule has 0 saturated heterocycles. The molecular weight excluding hydrogens is 278 g/mol. The second-order valence-corrected chi connectivity index (χ2v) is 5.48. The minimum absolute atomic E-state index is 0.104. The third-order valence-electron chi connectivity index (χ3n) is 2.96. The van der Waals surface area contributed by atoms with Crippen molar-refractivity contribution in [2.75, 3.05) is 7.05 Å². The topological polar surface area (TPSA) is 66.8 Å². The molecule has 20 heavy (non-hydrogen) atoms. The minimum Gasteiger partial charge on any atom is -0.339 e. The van der Waals surface area contributed by atoms with Crippen LogP contribution in [0, 0.1) is 6.92 Å². The van der Waals surface area contributed by atoms with Crippen molar-refractivity contribution in [3.8, 4) is 0 Å². The van der Waals surface area contributed by atoms with Crippen molar-refractivity contribution in [2.24, 2.45) is 0 Å². The van der Waals surface area contributed by atoms with Gasteiger partial charge < -0.3 is 9.47 Å². The van der Waals surface area contributed by atoms with Gasteiger partial charge in [0.1, 0.15) is 11.5 Å². The molecule has 108 valence electrons. The monoisotopic (exact) mass is 295 g/mol. The Kier molecular flexibility index (Phi) is 4.13. The maximum absolute atomic E-state index is 12.5. The van der Waals surface area contributed by atoms with E-state index < -0.39 is 0 Å². The lowest BCUT2D eigenvalue weighted by atomic mass is 10.3. The number of amides is 1. The van der Waals surface area contributed by atoms with Crippen LogP contribution in [0.4, 0.5) is 0 Å². The number of hydrogen-bond acceptors (Lipinski definition) is 3.